The summed E-state index contributed by atoms with van der Waals surface area (Å²) in [6, 6.07) is 6.23. The third-order valence-corrected chi connectivity index (χ3v) is 2.80. The van der Waals surface area contributed by atoms with Crippen LogP contribution in [0, 0.1) is 5.82 Å². The van der Waals surface area contributed by atoms with Crippen LogP contribution in [0.15, 0.2) is 42.6 Å². The van der Waals surface area contributed by atoms with Crippen molar-refractivity contribution in [3.63, 3.8) is 0 Å². The first-order valence-corrected chi connectivity index (χ1v) is 5.74. The molecule has 0 radical (unpaired) electrons. The molecule has 5 heteroatoms. The van der Waals surface area contributed by atoms with Gasteiger partial charge < -0.3 is 5.32 Å². The van der Waals surface area contributed by atoms with Gasteiger partial charge in [-0.3, -0.25) is 9.69 Å². The van der Waals surface area contributed by atoms with E-state index in [1.54, 1.807) is 24.3 Å². The maximum absolute atomic E-state index is 13.5. The van der Waals surface area contributed by atoms with Crippen LogP contribution in [0.4, 0.5) is 4.39 Å². The molecule has 1 saturated heterocycles. The fraction of sp³-hybridized carbons (Fsp3) is 0.0769. The number of benzene rings is 1. The van der Waals surface area contributed by atoms with Gasteiger partial charge in [-0.05, 0) is 24.4 Å². The molecule has 1 aliphatic rings. The van der Waals surface area contributed by atoms with Crippen LogP contribution in [-0.4, -0.2) is 22.5 Å². The number of halogens is 1. The molecule has 1 aromatic rings. The fourth-order valence-corrected chi connectivity index (χ4v) is 1.88. The van der Waals surface area contributed by atoms with E-state index in [0.29, 0.717) is 17.2 Å². The van der Waals surface area contributed by atoms with E-state index < -0.39 is 0 Å². The predicted octanol–water partition coefficient (Wildman–Crippen LogP) is 2.07. The fourth-order valence-electron chi connectivity index (χ4n) is 1.61. The molecule has 1 amide bonds. The highest BCUT2D eigenvalue weighted by atomic mass is 32.1. The van der Waals surface area contributed by atoms with Crippen molar-refractivity contribution in [2.45, 2.75) is 0 Å². The Balaban J connectivity index is 2.31. The van der Waals surface area contributed by atoms with E-state index in [9.17, 15) is 9.18 Å². The number of hydrogen-bond acceptors (Lipinski definition) is 2. The minimum atomic E-state index is -0.382. The second-order valence-corrected chi connectivity index (χ2v) is 4.10. The molecule has 0 aliphatic carbocycles. The van der Waals surface area contributed by atoms with Gasteiger partial charge in [-0.25, -0.2) is 4.39 Å². The first-order valence-electron chi connectivity index (χ1n) is 5.33. The van der Waals surface area contributed by atoms with Gasteiger partial charge in [-0.2, -0.15) is 0 Å². The van der Waals surface area contributed by atoms with Gasteiger partial charge in [-0.15, -0.1) is 6.58 Å². The van der Waals surface area contributed by atoms with E-state index in [1.165, 1.54) is 17.0 Å². The number of amides is 1. The molecule has 0 saturated carbocycles. The minimum Gasteiger partial charge on any atom is -0.328 e. The maximum atomic E-state index is 13.5. The van der Waals surface area contributed by atoms with E-state index in [1.807, 2.05) is 0 Å². The number of carbonyl (C=O) groups excluding carboxylic acids is 1. The highest BCUT2D eigenvalue weighted by Crippen LogP contribution is 2.16. The highest BCUT2D eigenvalue weighted by molar-refractivity contribution is 7.80. The van der Waals surface area contributed by atoms with Gasteiger partial charge in [0, 0.05) is 12.1 Å². The Hall–Kier alpha value is -2.01. The quantitative estimate of drug-likeness (QED) is 0.514. The Kier molecular flexibility index (Phi) is 3.53. The van der Waals surface area contributed by atoms with Gasteiger partial charge in [-0.1, -0.05) is 24.3 Å². The van der Waals surface area contributed by atoms with Crippen molar-refractivity contribution in [2.75, 3.05) is 6.54 Å². The predicted molar refractivity (Wildman–Crippen MR) is 72.0 cm³/mol. The van der Waals surface area contributed by atoms with Crippen LogP contribution in [0.3, 0.4) is 0 Å². The van der Waals surface area contributed by atoms with Crippen LogP contribution in [0.25, 0.3) is 6.08 Å². The van der Waals surface area contributed by atoms with Crippen molar-refractivity contribution in [1.82, 2.24) is 10.2 Å². The summed E-state index contributed by atoms with van der Waals surface area (Å²) in [5, 5.41) is 3.08. The van der Waals surface area contributed by atoms with Crippen LogP contribution in [0.2, 0.25) is 0 Å². The van der Waals surface area contributed by atoms with Crippen LogP contribution < -0.4 is 5.32 Å². The van der Waals surface area contributed by atoms with E-state index in [4.69, 9.17) is 12.2 Å². The van der Waals surface area contributed by atoms with E-state index in [0.717, 1.165) is 0 Å². The third-order valence-electron chi connectivity index (χ3n) is 2.48. The van der Waals surface area contributed by atoms with Crippen molar-refractivity contribution in [1.29, 1.82) is 0 Å². The molecule has 0 spiro atoms. The van der Waals surface area contributed by atoms with Crippen LogP contribution in [-0.2, 0) is 4.79 Å². The van der Waals surface area contributed by atoms with Gasteiger partial charge in [0.05, 0.1) is 0 Å². The van der Waals surface area contributed by atoms with E-state index >= 15 is 0 Å². The molecule has 0 bridgehead atoms. The Morgan fingerprint density at radius 3 is 2.83 bits per heavy atom. The topological polar surface area (TPSA) is 32.3 Å². The molecule has 1 N–H and O–H groups in total. The summed E-state index contributed by atoms with van der Waals surface area (Å²) >= 11 is 5.02. The van der Waals surface area contributed by atoms with Crippen molar-refractivity contribution in [3.05, 3.63) is 54.0 Å². The number of nitrogens with one attached hydrogen (secondary N) is 1. The average molecular weight is 262 g/mol. The lowest BCUT2D eigenvalue weighted by molar-refractivity contribution is -0.122. The lowest BCUT2D eigenvalue weighted by Crippen LogP contribution is -2.30. The summed E-state index contributed by atoms with van der Waals surface area (Å²) in [5.41, 5.74) is 0.614. The van der Waals surface area contributed by atoms with E-state index in [-0.39, 0.29) is 17.4 Å². The Bertz CT molecular complexity index is 554. The molecule has 0 atom stereocenters. The van der Waals surface area contributed by atoms with Gasteiger partial charge in [0.25, 0.3) is 5.91 Å². The Labute approximate surface area is 110 Å². The zero-order valence-electron chi connectivity index (χ0n) is 9.52. The molecule has 1 aliphatic heterocycles. The zero-order valence-corrected chi connectivity index (χ0v) is 10.3. The van der Waals surface area contributed by atoms with Gasteiger partial charge in [0.15, 0.2) is 5.11 Å². The molecule has 1 aromatic carbocycles. The molecule has 1 fully saturated rings. The number of carbonyl (C=O) groups is 1. The Morgan fingerprint density at radius 1 is 1.44 bits per heavy atom. The molecule has 92 valence electrons. The maximum Gasteiger partial charge on any atom is 0.276 e. The summed E-state index contributed by atoms with van der Waals surface area (Å²) in [4.78, 5) is 13.3. The monoisotopic (exact) mass is 262 g/mol. The molecule has 18 heavy (non-hydrogen) atoms. The molecular weight excluding hydrogens is 251 g/mol. The average Bonchev–Trinajstić information content (AvgIpc) is 2.60. The summed E-state index contributed by atoms with van der Waals surface area (Å²) in [5.74, 6) is -0.657. The lowest BCUT2D eigenvalue weighted by atomic mass is 10.2. The third kappa shape index (κ3) is 2.31. The van der Waals surface area contributed by atoms with Gasteiger partial charge in [0.2, 0.25) is 0 Å². The number of thiocarbonyl (C=S) groups is 1. The summed E-state index contributed by atoms with van der Waals surface area (Å²) in [6.45, 7) is 3.89. The number of nitrogens with zero attached hydrogens (tertiary/aromatic N) is 1. The Morgan fingerprint density at radius 2 is 2.17 bits per heavy atom. The van der Waals surface area contributed by atoms with Crippen LogP contribution in [0.1, 0.15) is 5.56 Å². The van der Waals surface area contributed by atoms with Gasteiger partial charge in [0.1, 0.15) is 11.5 Å². The van der Waals surface area contributed by atoms with Crippen molar-refractivity contribution in [2.24, 2.45) is 0 Å². The molecule has 2 rings (SSSR count). The molecule has 3 nitrogen and oxygen atoms in total. The second-order valence-electron chi connectivity index (χ2n) is 3.71. The molecule has 0 unspecified atom stereocenters. The summed E-state index contributed by atoms with van der Waals surface area (Å²) < 4.78 is 13.5. The lowest BCUT2D eigenvalue weighted by Gasteiger charge is -2.09. The standard InChI is InChI=1S/C13H11FN2OS/c1-2-7-16-12(17)11(15-13(16)18)8-9-5-3-4-6-10(9)14/h2-6,8H,1,7H2,(H,15,18)/b11-8-. The summed E-state index contributed by atoms with van der Waals surface area (Å²) in [6.07, 6.45) is 3.03. The van der Waals surface area contributed by atoms with Gasteiger partial charge >= 0.3 is 0 Å². The highest BCUT2D eigenvalue weighted by Gasteiger charge is 2.29. The molecular formula is C13H11FN2OS. The van der Waals surface area contributed by atoms with Crippen LogP contribution >= 0.6 is 12.2 Å². The minimum absolute atomic E-state index is 0.270. The summed E-state index contributed by atoms with van der Waals surface area (Å²) in [7, 11) is 0. The van der Waals surface area contributed by atoms with Crippen molar-refractivity contribution in [3.8, 4) is 0 Å². The number of hydrogen-bond donors (Lipinski definition) is 1. The smallest absolute Gasteiger partial charge is 0.276 e. The SMILES string of the molecule is C=CCN1C(=O)/C(=C/c2ccccc2F)NC1=S. The largest absolute Gasteiger partial charge is 0.328 e. The number of rotatable bonds is 3. The molecule has 0 aromatic heterocycles. The van der Waals surface area contributed by atoms with E-state index in [2.05, 4.69) is 11.9 Å². The van der Waals surface area contributed by atoms with Crippen molar-refractivity contribution < 1.29 is 9.18 Å². The first kappa shape index (κ1) is 12.4. The second kappa shape index (κ2) is 5.10. The van der Waals surface area contributed by atoms with Crippen LogP contribution in [0.5, 0.6) is 0 Å². The van der Waals surface area contributed by atoms with Crippen molar-refractivity contribution >= 4 is 29.3 Å². The zero-order chi connectivity index (χ0) is 13.1. The molecule has 1 heterocycles. The first-order chi connectivity index (χ1) is 8.63. The normalized spacial score (nSPS) is 17.2.